The standard InChI is InChI=1S/C15H25N3.HI/c1-12(2)8-9-17-15(16-4)18-11-14-7-5-6-13(3)10-14;/h5-7,10,12H,8-9,11H2,1-4H3,(H2,16,17,18);1H. The Bertz CT molecular complexity index is 389. The van der Waals surface area contributed by atoms with Crippen LogP contribution in [0.4, 0.5) is 0 Å². The van der Waals surface area contributed by atoms with Crippen molar-refractivity contribution in [2.45, 2.75) is 33.7 Å². The summed E-state index contributed by atoms with van der Waals surface area (Å²) < 4.78 is 0. The highest BCUT2D eigenvalue weighted by atomic mass is 127. The van der Waals surface area contributed by atoms with E-state index in [-0.39, 0.29) is 24.0 Å². The number of hydrogen-bond acceptors (Lipinski definition) is 1. The molecule has 0 saturated carbocycles. The zero-order valence-electron chi connectivity index (χ0n) is 12.4. The minimum absolute atomic E-state index is 0. The largest absolute Gasteiger partial charge is 0.356 e. The molecule has 0 aromatic heterocycles. The Morgan fingerprint density at radius 1 is 1.26 bits per heavy atom. The second-order valence-corrected chi connectivity index (χ2v) is 5.02. The third-order valence-corrected chi connectivity index (χ3v) is 2.78. The highest BCUT2D eigenvalue weighted by Gasteiger charge is 1.99. The topological polar surface area (TPSA) is 36.4 Å². The van der Waals surface area contributed by atoms with Crippen LogP contribution in [0.2, 0.25) is 0 Å². The van der Waals surface area contributed by atoms with Crippen molar-refractivity contribution >= 4 is 29.9 Å². The number of hydrogen-bond donors (Lipinski definition) is 2. The van der Waals surface area contributed by atoms with Gasteiger partial charge in [0.25, 0.3) is 0 Å². The smallest absolute Gasteiger partial charge is 0.191 e. The maximum absolute atomic E-state index is 4.22. The fourth-order valence-corrected chi connectivity index (χ4v) is 1.71. The van der Waals surface area contributed by atoms with E-state index in [0.717, 1.165) is 25.5 Å². The first-order valence-corrected chi connectivity index (χ1v) is 6.62. The number of guanidine groups is 1. The molecule has 1 aromatic rings. The summed E-state index contributed by atoms with van der Waals surface area (Å²) in [7, 11) is 1.81. The van der Waals surface area contributed by atoms with Crippen molar-refractivity contribution in [2.75, 3.05) is 13.6 Å². The van der Waals surface area contributed by atoms with E-state index >= 15 is 0 Å². The molecule has 0 atom stereocenters. The Morgan fingerprint density at radius 2 is 2.00 bits per heavy atom. The average molecular weight is 375 g/mol. The monoisotopic (exact) mass is 375 g/mol. The van der Waals surface area contributed by atoms with Gasteiger partial charge in [0.1, 0.15) is 0 Å². The maximum Gasteiger partial charge on any atom is 0.191 e. The summed E-state index contributed by atoms with van der Waals surface area (Å²) in [5.41, 5.74) is 2.57. The van der Waals surface area contributed by atoms with E-state index in [1.807, 2.05) is 0 Å². The number of nitrogens with one attached hydrogen (secondary N) is 2. The lowest BCUT2D eigenvalue weighted by atomic mass is 10.1. The predicted molar refractivity (Wildman–Crippen MR) is 94.3 cm³/mol. The molecular formula is C15H26IN3. The summed E-state index contributed by atoms with van der Waals surface area (Å²) in [4.78, 5) is 4.22. The van der Waals surface area contributed by atoms with Gasteiger partial charge in [-0.05, 0) is 24.8 Å². The number of halogens is 1. The van der Waals surface area contributed by atoms with Crippen molar-refractivity contribution in [3.63, 3.8) is 0 Å². The van der Waals surface area contributed by atoms with E-state index in [1.54, 1.807) is 7.05 Å². The van der Waals surface area contributed by atoms with Crippen molar-refractivity contribution in [3.05, 3.63) is 35.4 Å². The third-order valence-electron chi connectivity index (χ3n) is 2.78. The van der Waals surface area contributed by atoms with Gasteiger partial charge in [0.05, 0.1) is 0 Å². The SMILES string of the molecule is CN=C(NCCC(C)C)NCc1cccc(C)c1.I. The molecular weight excluding hydrogens is 349 g/mol. The van der Waals surface area contributed by atoms with Gasteiger partial charge < -0.3 is 10.6 Å². The lowest BCUT2D eigenvalue weighted by Gasteiger charge is -2.13. The van der Waals surface area contributed by atoms with Crippen molar-refractivity contribution in [2.24, 2.45) is 10.9 Å². The molecule has 0 saturated heterocycles. The first kappa shape index (κ1) is 18.2. The Kier molecular flexibility index (Phi) is 9.65. The van der Waals surface area contributed by atoms with E-state index in [4.69, 9.17) is 0 Å². The minimum Gasteiger partial charge on any atom is -0.356 e. The summed E-state index contributed by atoms with van der Waals surface area (Å²) in [5.74, 6) is 1.59. The normalized spacial score (nSPS) is 11.1. The molecule has 1 rings (SSSR count). The zero-order chi connectivity index (χ0) is 13.4. The number of rotatable bonds is 5. The van der Waals surface area contributed by atoms with Crippen LogP contribution in [-0.2, 0) is 6.54 Å². The molecule has 108 valence electrons. The van der Waals surface area contributed by atoms with Gasteiger partial charge in [0.15, 0.2) is 5.96 Å². The van der Waals surface area contributed by atoms with Crippen LogP contribution in [0.3, 0.4) is 0 Å². The molecule has 0 heterocycles. The number of nitrogens with zero attached hydrogens (tertiary/aromatic N) is 1. The lowest BCUT2D eigenvalue weighted by Crippen LogP contribution is -2.37. The van der Waals surface area contributed by atoms with Crippen molar-refractivity contribution in [1.29, 1.82) is 0 Å². The Hall–Kier alpha value is -0.780. The van der Waals surface area contributed by atoms with Crippen LogP contribution < -0.4 is 10.6 Å². The molecule has 0 unspecified atom stereocenters. The molecule has 0 fully saturated rings. The Balaban J connectivity index is 0.00000324. The second-order valence-electron chi connectivity index (χ2n) is 5.02. The quantitative estimate of drug-likeness (QED) is 0.471. The van der Waals surface area contributed by atoms with Crippen LogP contribution >= 0.6 is 24.0 Å². The highest BCUT2D eigenvalue weighted by Crippen LogP contribution is 2.03. The molecule has 0 bridgehead atoms. The maximum atomic E-state index is 4.22. The highest BCUT2D eigenvalue weighted by molar-refractivity contribution is 14.0. The number of aliphatic imine (C=N–C) groups is 1. The van der Waals surface area contributed by atoms with Gasteiger partial charge >= 0.3 is 0 Å². The van der Waals surface area contributed by atoms with E-state index in [9.17, 15) is 0 Å². The molecule has 0 spiro atoms. The Labute approximate surface area is 134 Å². The van der Waals surface area contributed by atoms with Crippen LogP contribution in [-0.4, -0.2) is 19.6 Å². The zero-order valence-corrected chi connectivity index (χ0v) is 14.7. The van der Waals surface area contributed by atoms with E-state index < -0.39 is 0 Å². The van der Waals surface area contributed by atoms with Gasteiger partial charge in [-0.2, -0.15) is 0 Å². The first-order valence-electron chi connectivity index (χ1n) is 6.62. The van der Waals surface area contributed by atoms with E-state index in [1.165, 1.54) is 11.1 Å². The van der Waals surface area contributed by atoms with E-state index in [2.05, 4.69) is 60.7 Å². The molecule has 0 amide bonds. The van der Waals surface area contributed by atoms with Crippen LogP contribution in [0, 0.1) is 12.8 Å². The lowest BCUT2D eigenvalue weighted by molar-refractivity contribution is 0.573. The summed E-state index contributed by atoms with van der Waals surface area (Å²) >= 11 is 0. The summed E-state index contributed by atoms with van der Waals surface area (Å²) in [6, 6.07) is 8.51. The third kappa shape index (κ3) is 8.08. The van der Waals surface area contributed by atoms with Gasteiger partial charge in [-0.1, -0.05) is 43.7 Å². The molecule has 0 aliphatic carbocycles. The summed E-state index contributed by atoms with van der Waals surface area (Å²) in [6.45, 7) is 8.34. The average Bonchev–Trinajstić information content (AvgIpc) is 2.33. The molecule has 2 N–H and O–H groups in total. The van der Waals surface area contributed by atoms with Gasteiger partial charge in [-0.25, -0.2) is 0 Å². The van der Waals surface area contributed by atoms with Crippen LogP contribution in [0.25, 0.3) is 0 Å². The van der Waals surface area contributed by atoms with Crippen LogP contribution in [0.1, 0.15) is 31.4 Å². The van der Waals surface area contributed by atoms with Crippen molar-refractivity contribution in [3.8, 4) is 0 Å². The molecule has 1 aromatic carbocycles. The van der Waals surface area contributed by atoms with Gasteiger partial charge in [0, 0.05) is 20.1 Å². The summed E-state index contributed by atoms with van der Waals surface area (Å²) in [6.07, 6.45) is 1.16. The Morgan fingerprint density at radius 3 is 2.58 bits per heavy atom. The number of benzene rings is 1. The van der Waals surface area contributed by atoms with Gasteiger partial charge in [-0.3, -0.25) is 4.99 Å². The molecule has 4 heteroatoms. The molecule has 0 aliphatic heterocycles. The van der Waals surface area contributed by atoms with Crippen molar-refractivity contribution < 1.29 is 0 Å². The molecule has 0 radical (unpaired) electrons. The molecule has 3 nitrogen and oxygen atoms in total. The minimum atomic E-state index is 0. The van der Waals surface area contributed by atoms with Gasteiger partial charge in [0.2, 0.25) is 0 Å². The van der Waals surface area contributed by atoms with Crippen LogP contribution in [0.5, 0.6) is 0 Å². The van der Waals surface area contributed by atoms with Crippen LogP contribution in [0.15, 0.2) is 29.3 Å². The second kappa shape index (κ2) is 10.1. The number of aryl methyl sites for hydroxylation is 1. The first-order chi connectivity index (χ1) is 8.61. The predicted octanol–water partition coefficient (Wildman–Crippen LogP) is 3.32. The molecule has 0 aliphatic rings. The summed E-state index contributed by atoms with van der Waals surface area (Å²) in [5, 5.41) is 6.65. The molecule has 19 heavy (non-hydrogen) atoms. The van der Waals surface area contributed by atoms with Crippen molar-refractivity contribution in [1.82, 2.24) is 10.6 Å². The van der Waals surface area contributed by atoms with E-state index in [0.29, 0.717) is 5.92 Å². The van der Waals surface area contributed by atoms with Gasteiger partial charge in [-0.15, -0.1) is 24.0 Å². The fourth-order valence-electron chi connectivity index (χ4n) is 1.71. The fraction of sp³-hybridized carbons (Fsp3) is 0.533.